The second kappa shape index (κ2) is 9.23. The molecule has 1 aromatic carbocycles. The van der Waals surface area contributed by atoms with Gasteiger partial charge in [0.1, 0.15) is 11.8 Å². The van der Waals surface area contributed by atoms with Crippen LogP contribution in [-0.2, 0) is 23.9 Å². The molecule has 9 nitrogen and oxygen atoms in total. The Bertz CT molecular complexity index is 816. The predicted octanol–water partition coefficient (Wildman–Crippen LogP) is 1.27. The molecule has 1 spiro atoms. The lowest BCUT2D eigenvalue weighted by atomic mass is 10.1. The number of benzene rings is 1. The zero-order valence-corrected chi connectivity index (χ0v) is 17.4. The van der Waals surface area contributed by atoms with Crippen molar-refractivity contribution in [2.45, 2.75) is 49.9 Å². The van der Waals surface area contributed by atoms with Crippen LogP contribution in [0.15, 0.2) is 24.3 Å². The van der Waals surface area contributed by atoms with E-state index in [0.29, 0.717) is 32.2 Å². The smallest absolute Gasteiger partial charge is 0.326 e. The summed E-state index contributed by atoms with van der Waals surface area (Å²) in [6.07, 6.45) is 3.33. The summed E-state index contributed by atoms with van der Waals surface area (Å²) in [6, 6.07) is 7.04. The van der Waals surface area contributed by atoms with Gasteiger partial charge in [0, 0.05) is 12.8 Å². The lowest BCUT2D eigenvalue weighted by Gasteiger charge is -2.23. The van der Waals surface area contributed by atoms with Gasteiger partial charge in [0.15, 0.2) is 5.79 Å². The number of nitrogens with zero attached hydrogens (tertiary/aromatic N) is 1. The first-order valence-corrected chi connectivity index (χ1v) is 10.8. The zero-order chi connectivity index (χ0) is 21.8. The van der Waals surface area contributed by atoms with Crippen LogP contribution in [0.25, 0.3) is 0 Å². The largest absolute Gasteiger partial charge is 0.494 e. The lowest BCUT2D eigenvalue weighted by Crippen LogP contribution is -2.46. The van der Waals surface area contributed by atoms with Gasteiger partial charge in [0.05, 0.1) is 32.9 Å². The maximum Gasteiger partial charge on any atom is 0.326 e. The summed E-state index contributed by atoms with van der Waals surface area (Å²) >= 11 is 0. The molecule has 4 rings (SSSR count). The van der Waals surface area contributed by atoms with Gasteiger partial charge in [-0.15, -0.1) is 0 Å². The Morgan fingerprint density at radius 3 is 2.52 bits per heavy atom. The fourth-order valence-electron chi connectivity index (χ4n) is 4.07. The highest BCUT2D eigenvalue weighted by molar-refractivity contribution is 5.88. The number of ether oxygens (including phenoxy) is 3. The minimum Gasteiger partial charge on any atom is -0.494 e. The molecule has 2 saturated heterocycles. The van der Waals surface area contributed by atoms with Gasteiger partial charge < -0.3 is 29.5 Å². The van der Waals surface area contributed by atoms with Crippen LogP contribution in [0.3, 0.4) is 0 Å². The molecule has 3 aliphatic rings. The highest BCUT2D eigenvalue weighted by Gasteiger charge is 2.52. The standard InChI is InChI=1S/C22H28N2O7/c25-19(2-1-9-29-17-7-5-16(6-8-17)15-3-4-15)23-13-20(26)24-14-22(30-10-11-31-22)12-18(24)21(27)28/h5-8,15,18H,1-4,9-14H2,(H,23,25)(H,27,28)/t18-/m0/s1. The first kappa shape index (κ1) is 21.6. The van der Waals surface area contributed by atoms with Crippen molar-refractivity contribution in [2.75, 3.05) is 32.9 Å². The number of hydrogen-bond acceptors (Lipinski definition) is 6. The highest BCUT2D eigenvalue weighted by Crippen LogP contribution is 2.40. The Morgan fingerprint density at radius 2 is 1.87 bits per heavy atom. The molecule has 168 valence electrons. The van der Waals surface area contributed by atoms with Crippen molar-refractivity contribution in [3.05, 3.63) is 29.8 Å². The molecule has 0 aromatic heterocycles. The van der Waals surface area contributed by atoms with Crippen molar-refractivity contribution in [1.29, 1.82) is 0 Å². The second-order valence-corrected chi connectivity index (χ2v) is 8.26. The van der Waals surface area contributed by atoms with Gasteiger partial charge in [-0.2, -0.15) is 0 Å². The van der Waals surface area contributed by atoms with Gasteiger partial charge in [-0.05, 0) is 42.9 Å². The monoisotopic (exact) mass is 432 g/mol. The number of carbonyl (C=O) groups is 3. The van der Waals surface area contributed by atoms with Gasteiger partial charge in [-0.25, -0.2) is 4.79 Å². The van der Waals surface area contributed by atoms with Crippen molar-refractivity contribution in [3.63, 3.8) is 0 Å². The Labute approximate surface area is 180 Å². The number of nitrogens with one attached hydrogen (secondary N) is 1. The Morgan fingerprint density at radius 1 is 1.16 bits per heavy atom. The van der Waals surface area contributed by atoms with Crippen molar-refractivity contribution in [1.82, 2.24) is 10.2 Å². The number of amides is 2. The normalized spacial score (nSPS) is 21.9. The number of hydrogen-bond donors (Lipinski definition) is 2. The Kier molecular flexibility index (Phi) is 6.43. The van der Waals surface area contributed by atoms with E-state index in [9.17, 15) is 19.5 Å². The number of rotatable bonds is 9. The van der Waals surface area contributed by atoms with Gasteiger partial charge in [-0.1, -0.05) is 12.1 Å². The molecule has 2 aliphatic heterocycles. The summed E-state index contributed by atoms with van der Waals surface area (Å²) in [6.45, 7) is 0.929. The van der Waals surface area contributed by atoms with Crippen molar-refractivity contribution in [3.8, 4) is 5.75 Å². The van der Waals surface area contributed by atoms with Crippen molar-refractivity contribution in [2.24, 2.45) is 0 Å². The molecule has 31 heavy (non-hydrogen) atoms. The molecule has 0 radical (unpaired) electrons. The summed E-state index contributed by atoms with van der Waals surface area (Å²) in [5.41, 5.74) is 1.34. The third-order valence-corrected chi connectivity index (χ3v) is 5.89. The van der Waals surface area contributed by atoms with Gasteiger partial charge >= 0.3 is 5.97 Å². The van der Waals surface area contributed by atoms with Crippen LogP contribution >= 0.6 is 0 Å². The molecular formula is C22H28N2O7. The molecule has 0 bridgehead atoms. The average Bonchev–Trinajstić information content (AvgIpc) is 3.40. The maximum absolute atomic E-state index is 12.5. The van der Waals surface area contributed by atoms with Crippen molar-refractivity contribution < 1.29 is 33.7 Å². The van der Waals surface area contributed by atoms with Crippen LogP contribution in [0.4, 0.5) is 0 Å². The Balaban J connectivity index is 1.16. The molecular weight excluding hydrogens is 404 g/mol. The van der Waals surface area contributed by atoms with E-state index in [2.05, 4.69) is 17.4 Å². The van der Waals surface area contributed by atoms with Crippen LogP contribution < -0.4 is 10.1 Å². The van der Waals surface area contributed by atoms with Crippen LogP contribution in [0.1, 0.15) is 43.6 Å². The van der Waals surface area contributed by atoms with Crippen LogP contribution in [0.5, 0.6) is 5.75 Å². The van der Waals surface area contributed by atoms with Crippen LogP contribution in [-0.4, -0.2) is 72.5 Å². The molecule has 1 aromatic rings. The predicted molar refractivity (Wildman–Crippen MR) is 109 cm³/mol. The third-order valence-electron chi connectivity index (χ3n) is 5.89. The molecule has 2 N–H and O–H groups in total. The number of likely N-dealkylation sites (tertiary alicyclic amines) is 1. The second-order valence-electron chi connectivity index (χ2n) is 8.26. The fraction of sp³-hybridized carbons (Fsp3) is 0.591. The van der Waals surface area contributed by atoms with E-state index in [1.54, 1.807) is 0 Å². The van der Waals surface area contributed by atoms with E-state index in [0.717, 1.165) is 5.75 Å². The fourth-order valence-corrected chi connectivity index (χ4v) is 4.07. The summed E-state index contributed by atoms with van der Waals surface area (Å²) in [7, 11) is 0. The van der Waals surface area contributed by atoms with Gasteiger partial charge in [-0.3, -0.25) is 9.59 Å². The lowest BCUT2D eigenvalue weighted by molar-refractivity contribution is -0.152. The Hall–Kier alpha value is -2.65. The van der Waals surface area contributed by atoms with E-state index >= 15 is 0 Å². The summed E-state index contributed by atoms with van der Waals surface area (Å²) in [5.74, 6) is -1.43. The number of carboxylic acids is 1. The first-order valence-electron chi connectivity index (χ1n) is 10.8. The highest BCUT2D eigenvalue weighted by atomic mass is 16.7. The number of carbonyl (C=O) groups excluding carboxylic acids is 2. The van der Waals surface area contributed by atoms with Gasteiger partial charge in [0.2, 0.25) is 11.8 Å². The zero-order valence-electron chi connectivity index (χ0n) is 17.4. The SMILES string of the molecule is O=C(CCCOc1ccc(C2CC2)cc1)NCC(=O)N1CC2(C[C@H]1C(=O)O)OCCO2. The topological polar surface area (TPSA) is 114 Å². The van der Waals surface area contributed by atoms with E-state index < -0.39 is 23.7 Å². The molecule has 2 heterocycles. The number of aliphatic carboxylic acids is 1. The maximum atomic E-state index is 12.5. The summed E-state index contributed by atoms with van der Waals surface area (Å²) < 4.78 is 16.7. The molecule has 0 unspecified atom stereocenters. The van der Waals surface area contributed by atoms with Crippen LogP contribution in [0, 0.1) is 0 Å². The first-order chi connectivity index (χ1) is 15.0. The van der Waals surface area contributed by atoms with Gasteiger partial charge in [0.25, 0.3) is 0 Å². The summed E-state index contributed by atoms with van der Waals surface area (Å²) in [4.78, 5) is 37.3. The average molecular weight is 432 g/mol. The van der Waals surface area contributed by atoms with E-state index in [1.807, 2.05) is 12.1 Å². The molecule has 9 heteroatoms. The molecule has 1 atom stereocenters. The minimum absolute atomic E-state index is 0.0477. The molecule has 1 saturated carbocycles. The number of carboxylic acid groups (broad SMARTS) is 1. The quantitative estimate of drug-likeness (QED) is 0.565. The third kappa shape index (κ3) is 5.34. The molecule has 2 amide bonds. The van der Waals surface area contributed by atoms with Crippen molar-refractivity contribution >= 4 is 17.8 Å². The van der Waals surface area contributed by atoms with E-state index in [4.69, 9.17) is 14.2 Å². The minimum atomic E-state index is -1.11. The van der Waals surface area contributed by atoms with Crippen LogP contribution in [0.2, 0.25) is 0 Å². The van der Waals surface area contributed by atoms with E-state index in [-0.39, 0.29) is 31.8 Å². The molecule has 3 fully saturated rings. The summed E-state index contributed by atoms with van der Waals surface area (Å²) in [5, 5.41) is 12.0. The molecule has 1 aliphatic carbocycles. The van der Waals surface area contributed by atoms with E-state index in [1.165, 1.54) is 23.3 Å².